The Kier molecular flexibility index (Phi) is 4.11. The molecule has 0 N–H and O–H groups in total. The molecule has 0 saturated carbocycles. The van der Waals surface area contributed by atoms with Gasteiger partial charge in [-0.05, 0) is 35.0 Å². The maximum atomic E-state index is 11.2. The van der Waals surface area contributed by atoms with Gasteiger partial charge in [-0.3, -0.25) is 4.79 Å². The van der Waals surface area contributed by atoms with Gasteiger partial charge in [-0.25, -0.2) is 0 Å². The molecule has 0 amide bonds. The molecule has 0 spiro atoms. The van der Waals surface area contributed by atoms with E-state index in [4.69, 9.17) is 0 Å². The van der Waals surface area contributed by atoms with Crippen LogP contribution in [-0.4, -0.2) is 26.5 Å². The van der Waals surface area contributed by atoms with Crippen LogP contribution in [0.2, 0.25) is 0 Å². The summed E-state index contributed by atoms with van der Waals surface area (Å²) in [6, 6.07) is 15.1. The fourth-order valence-corrected chi connectivity index (χ4v) is 2.50. The number of aromatic nitrogens is 4. The molecule has 1 aromatic heterocycles. The lowest BCUT2D eigenvalue weighted by Crippen LogP contribution is -2.04. The minimum Gasteiger partial charge on any atom is -0.298 e. The van der Waals surface area contributed by atoms with Crippen LogP contribution in [0.1, 0.15) is 34.6 Å². The Bertz CT molecular complexity index is 798. The fraction of sp³-hybridized carbons (Fsp3) is 0.125. The summed E-state index contributed by atoms with van der Waals surface area (Å²) in [4.78, 5) is 12.6. The summed E-state index contributed by atoms with van der Waals surface area (Å²) in [5, 5.41) is 12.6. The van der Waals surface area contributed by atoms with Crippen LogP contribution >= 0.6 is 15.9 Å². The van der Waals surface area contributed by atoms with Gasteiger partial charge < -0.3 is 0 Å². The van der Waals surface area contributed by atoms with Crippen molar-refractivity contribution < 1.29 is 4.79 Å². The third kappa shape index (κ3) is 2.82. The molecule has 1 heterocycles. The second kappa shape index (κ2) is 6.19. The maximum Gasteiger partial charge on any atom is 0.182 e. The number of tetrazole rings is 1. The minimum absolute atomic E-state index is 0.106. The zero-order chi connectivity index (χ0) is 15.5. The third-order valence-corrected chi connectivity index (χ3v) is 3.99. The van der Waals surface area contributed by atoms with Crippen molar-refractivity contribution in [3.63, 3.8) is 0 Å². The van der Waals surface area contributed by atoms with Crippen LogP contribution in [0.3, 0.4) is 0 Å². The van der Waals surface area contributed by atoms with E-state index >= 15 is 0 Å². The van der Waals surface area contributed by atoms with Crippen molar-refractivity contribution in [2.24, 2.45) is 0 Å². The number of nitrogens with zero attached hydrogens (tertiary/aromatic N) is 4. The molecular weight excluding hydrogens is 344 g/mol. The van der Waals surface area contributed by atoms with Gasteiger partial charge >= 0.3 is 0 Å². The summed E-state index contributed by atoms with van der Waals surface area (Å²) >= 11 is 3.39. The molecule has 0 aliphatic carbocycles. The second-order valence-corrected chi connectivity index (χ2v) is 5.80. The van der Waals surface area contributed by atoms with E-state index in [-0.39, 0.29) is 5.92 Å². The average Bonchev–Trinajstić information content (AvgIpc) is 3.05. The molecule has 2 aromatic carbocycles. The van der Waals surface area contributed by atoms with Crippen molar-refractivity contribution in [3.05, 3.63) is 70.0 Å². The molecule has 5 nitrogen and oxygen atoms in total. The predicted octanol–water partition coefficient (Wildman–Crippen LogP) is 3.39. The number of benzene rings is 2. The smallest absolute Gasteiger partial charge is 0.182 e. The first-order valence-corrected chi connectivity index (χ1v) is 7.58. The molecule has 0 aliphatic heterocycles. The lowest BCUT2D eigenvalue weighted by atomic mass is 9.96. The van der Waals surface area contributed by atoms with E-state index in [0.717, 1.165) is 22.0 Å². The lowest BCUT2D eigenvalue weighted by Gasteiger charge is -2.09. The Hall–Kier alpha value is -2.34. The maximum absolute atomic E-state index is 11.2. The number of rotatable bonds is 4. The molecule has 3 aromatic rings. The average molecular weight is 357 g/mol. The number of hydrogen-bond donors (Lipinski definition) is 0. The first kappa shape index (κ1) is 14.6. The van der Waals surface area contributed by atoms with Gasteiger partial charge in [0.05, 0.1) is 5.69 Å². The standard InChI is InChI=1S/C16H13BrN4O/c1-11(15-5-3-2-4-12(15)10-22)16-18-20-21(19-16)14-8-6-13(17)7-9-14/h2-11H,1H3. The van der Waals surface area contributed by atoms with Gasteiger partial charge in [0.2, 0.25) is 0 Å². The van der Waals surface area contributed by atoms with Crippen molar-refractivity contribution >= 4 is 22.2 Å². The minimum atomic E-state index is -0.106. The summed E-state index contributed by atoms with van der Waals surface area (Å²) < 4.78 is 0.991. The monoisotopic (exact) mass is 356 g/mol. The molecule has 0 fully saturated rings. The topological polar surface area (TPSA) is 60.7 Å². The Morgan fingerprint density at radius 2 is 1.86 bits per heavy atom. The van der Waals surface area contributed by atoms with Gasteiger partial charge in [0.15, 0.2) is 5.82 Å². The van der Waals surface area contributed by atoms with E-state index in [2.05, 4.69) is 31.3 Å². The Balaban J connectivity index is 1.93. The van der Waals surface area contributed by atoms with Gasteiger partial charge in [-0.1, -0.05) is 47.1 Å². The Labute approximate surface area is 136 Å². The first-order valence-electron chi connectivity index (χ1n) is 6.79. The number of aldehydes is 1. The van der Waals surface area contributed by atoms with Crippen LogP contribution in [0.15, 0.2) is 53.0 Å². The van der Waals surface area contributed by atoms with E-state index < -0.39 is 0 Å². The van der Waals surface area contributed by atoms with Gasteiger partial charge in [-0.15, -0.1) is 15.0 Å². The predicted molar refractivity (Wildman–Crippen MR) is 86.2 cm³/mol. The van der Waals surface area contributed by atoms with Crippen LogP contribution in [0.5, 0.6) is 0 Å². The zero-order valence-electron chi connectivity index (χ0n) is 11.8. The molecule has 6 heteroatoms. The molecule has 0 saturated heterocycles. The van der Waals surface area contributed by atoms with Crippen molar-refractivity contribution in [2.45, 2.75) is 12.8 Å². The van der Waals surface area contributed by atoms with E-state index in [1.165, 1.54) is 4.80 Å². The fourth-order valence-electron chi connectivity index (χ4n) is 2.23. The van der Waals surface area contributed by atoms with Crippen molar-refractivity contribution in [1.29, 1.82) is 0 Å². The van der Waals surface area contributed by atoms with E-state index in [1.807, 2.05) is 49.4 Å². The summed E-state index contributed by atoms with van der Waals surface area (Å²) in [6.45, 7) is 1.96. The SMILES string of the molecule is CC(c1nnn(-c2ccc(Br)cc2)n1)c1ccccc1C=O. The van der Waals surface area contributed by atoms with Gasteiger partial charge in [0.1, 0.15) is 6.29 Å². The first-order chi connectivity index (χ1) is 10.7. The summed E-state index contributed by atoms with van der Waals surface area (Å²) in [6.07, 6.45) is 0.852. The highest BCUT2D eigenvalue weighted by molar-refractivity contribution is 9.10. The summed E-state index contributed by atoms with van der Waals surface area (Å²) in [5.41, 5.74) is 2.38. The van der Waals surface area contributed by atoms with E-state index in [9.17, 15) is 4.79 Å². The van der Waals surface area contributed by atoms with Crippen LogP contribution in [0.4, 0.5) is 0 Å². The number of carbonyl (C=O) groups is 1. The largest absolute Gasteiger partial charge is 0.298 e. The van der Waals surface area contributed by atoms with Crippen LogP contribution in [0, 0.1) is 0 Å². The Morgan fingerprint density at radius 1 is 1.14 bits per heavy atom. The molecular formula is C16H13BrN4O. The molecule has 1 atom stereocenters. The molecule has 1 unspecified atom stereocenters. The molecule has 0 radical (unpaired) electrons. The molecule has 22 heavy (non-hydrogen) atoms. The molecule has 110 valence electrons. The van der Waals surface area contributed by atoms with Crippen LogP contribution in [0.25, 0.3) is 5.69 Å². The summed E-state index contributed by atoms with van der Waals surface area (Å²) in [7, 11) is 0. The highest BCUT2D eigenvalue weighted by atomic mass is 79.9. The highest BCUT2D eigenvalue weighted by Gasteiger charge is 2.17. The molecule has 0 bridgehead atoms. The normalized spacial score (nSPS) is 12.1. The van der Waals surface area contributed by atoms with Gasteiger partial charge in [-0.2, -0.15) is 0 Å². The van der Waals surface area contributed by atoms with Crippen molar-refractivity contribution in [2.75, 3.05) is 0 Å². The molecule has 3 rings (SSSR count). The van der Waals surface area contributed by atoms with E-state index in [0.29, 0.717) is 11.4 Å². The molecule has 0 aliphatic rings. The number of hydrogen-bond acceptors (Lipinski definition) is 4. The van der Waals surface area contributed by atoms with Crippen molar-refractivity contribution in [1.82, 2.24) is 20.2 Å². The van der Waals surface area contributed by atoms with Gasteiger partial charge in [0, 0.05) is 16.0 Å². The van der Waals surface area contributed by atoms with Crippen LogP contribution in [-0.2, 0) is 0 Å². The van der Waals surface area contributed by atoms with Crippen molar-refractivity contribution in [3.8, 4) is 5.69 Å². The Morgan fingerprint density at radius 3 is 2.59 bits per heavy atom. The third-order valence-electron chi connectivity index (χ3n) is 3.46. The number of carbonyl (C=O) groups excluding carboxylic acids is 1. The van der Waals surface area contributed by atoms with Gasteiger partial charge in [0.25, 0.3) is 0 Å². The number of halogens is 1. The zero-order valence-corrected chi connectivity index (χ0v) is 13.4. The quantitative estimate of drug-likeness (QED) is 0.672. The van der Waals surface area contributed by atoms with E-state index in [1.54, 1.807) is 6.07 Å². The highest BCUT2D eigenvalue weighted by Crippen LogP contribution is 2.23. The van der Waals surface area contributed by atoms with Crippen LogP contribution < -0.4 is 0 Å². The second-order valence-electron chi connectivity index (χ2n) is 4.88. The summed E-state index contributed by atoms with van der Waals surface area (Å²) in [5.74, 6) is 0.475. The lowest BCUT2D eigenvalue weighted by molar-refractivity contribution is 0.112.